The summed E-state index contributed by atoms with van der Waals surface area (Å²) in [5.74, 6) is -3.56. The second kappa shape index (κ2) is 16.6. The van der Waals surface area contributed by atoms with E-state index in [1.807, 2.05) is 44.2 Å². The molecule has 2 N–H and O–H groups in total. The van der Waals surface area contributed by atoms with Gasteiger partial charge in [0.05, 0.1) is 49.8 Å². The van der Waals surface area contributed by atoms with Gasteiger partial charge in [-0.25, -0.2) is 0 Å². The molecule has 0 unspecified atom stereocenters. The number of aliphatic hydroxyl groups excluding tert-OH is 1. The van der Waals surface area contributed by atoms with Gasteiger partial charge in [-0.1, -0.05) is 56.3 Å². The number of aliphatic hydroxyl groups is 1. The Hall–Kier alpha value is -3.58. The zero-order chi connectivity index (χ0) is 36.0. The van der Waals surface area contributed by atoms with E-state index < -0.39 is 53.7 Å². The minimum atomic E-state index is -1.25. The molecule has 274 valence electrons. The van der Waals surface area contributed by atoms with Crippen LogP contribution in [0.15, 0.2) is 55.6 Å². The van der Waals surface area contributed by atoms with E-state index in [-0.39, 0.29) is 43.2 Å². The van der Waals surface area contributed by atoms with Gasteiger partial charge in [0.25, 0.3) is 0 Å². The predicted molar refractivity (Wildman–Crippen MR) is 187 cm³/mol. The van der Waals surface area contributed by atoms with Crippen molar-refractivity contribution in [2.24, 2.45) is 17.8 Å². The Morgan fingerprint density at radius 3 is 2.50 bits per heavy atom. The topological polar surface area (TPSA) is 138 Å². The highest BCUT2D eigenvalue weighted by atomic mass is 16.6. The van der Waals surface area contributed by atoms with Gasteiger partial charge in [0.1, 0.15) is 17.7 Å². The number of morpholine rings is 1. The van der Waals surface area contributed by atoms with Crippen LogP contribution in [0.5, 0.6) is 0 Å². The molecule has 4 aliphatic heterocycles. The number of fused-ring (bicyclic) bond motifs is 1. The van der Waals surface area contributed by atoms with E-state index in [1.165, 1.54) is 4.90 Å². The Labute approximate surface area is 295 Å². The maximum absolute atomic E-state index is 14.8. The summed E-state index contributed by atoms with van der Waals surface area (Å²) >= 11 is 0. The van der Waals surface area contributed by atoms with Crippen LogP contribution in [0.25, 0.3) is 0 Å². The second-order valence-electron chi connectivity index (χ2n) is 14.3. The first-order valence-electron chi connectivity index (χ1n) is 18.0. The fourth-order valence-electron chi connectivity index (χ4n) is 8.26. The lowest BCUT2D eigenvalue weighted by molar-refractivity contribution is -0.163. The van der Waals surface area contributed by atoms with Crippen molar-refractivity contribution in [3.8, 4) is 0 Å². The molecule has 50 heavy (non-hydrogen) atoms. The highest BCUT2D eigenvalue weighted by molar-refractivity contribution is 5.98. The van der Waals surface area contributed by atoms with Gasteiger partial charge in [0, 0.05) is 39.1 Å². The third-order valence-electron chi connectivity index (χ3n) is 10.8. The van der Waals surface area contributed by atoms with Crippen molar-refractivity contribution in [3.63, 3.8) is 0 Å². The number of hydrogen-bond acceptors (Lipinski definition) is 9. The molecule has 0 aromatic heterocycles. The molecule has 1 spiro atoms. The highest BCUT2D eigenvalue weighted by Gasteiger charge is 2.76. The van der Waals surface area contributed by atoms with Gasteiger partial charge in [0.2, 0.25) is 17.7 Å². The fraction of sp³-hybridized carbons (Fsp3) is 0.632. The van der Waals surface area contributed by atoms with E-state index in [4.69, 9.17) is 14.2 Å². The Morgan fingerprint density at radius 1 is 1.14 bits per heavy atom. The predicted octanol–water partition coefficient (Wildman–Crippen LogP) is 2.48. The number of ether oxygens (including phenoxy) is 3. The highest BCUT2D eigenvalue weighted by Crippen LogP contribution is 2.59. The summed E-state index contributed by atoms with van der Waals surface area (Å²) in [4.78, 5) is 61.9. The van der Waals surface area contributed by atoms with E-state index in [9.17, 15) is 24.3 Å². The van der Waals surface area contributed by atoms with Crippen LogP contribution in [0.1, 0.15) is 58.1 Å². The standard InChI is InChI=1S/C38H54N4O8/c1-6-8-14-30(44)39-26(5)33(27-12-10-9-11-13-27)49-37(47)31-29-15-16-38(50-29)32(31)35(45)42(28(24-43)25(3)4)34(38)36(46)41(17-7-2)19-18-40-20-22-48-23-21-40/h6-7,9-13,25-26,28-29,31-34,43H,1-2,8,14-24H2,3-5H3,(H,39,44)/t26-,28+,29-,31+,32+,33-,34-,38+/m1/s1. The summed E-state index contributed by atoms with van der Waals surface area (Å²) in [6.07, 6.45) is 3.56. The average molecular weight is 695 g/mol. The number of amides is 3. The molecule has 2 bridgehead atoms. The molecule has 0 radical (unpaired) electrons. The zero-order valence-corrected chi connectivity index (χ0v) is 29.7. The lowest BCUT2D eigenvalue weighted by Gasteiger charge is -2.40. The number of rotatable bonds is 17. The van der Waals surface area contributed by atoms with Gasteiger partial charge in [-0.3, -0.25) is 24.1 Å². The number of hydrogen-bond donors (Lipinski definition) is 2. The normalized spacial score (nSPS) is 27.8. The molecule has 1 aromatic carbocycles. The number of nitrogens with one attached hydrogen (secondary N) is 1. The molecule has 4 saturated heterocycles. The first kappa shape index (κ1) is 37.7. The van der Waals surface area contributed by atoms with Gasteiger partial charge in [-0.05, 0) is 37.7 Å². The van der Waals surface area contributed by atoms with Crippen LogP contribution >= 0.6 is 0 Å². The average Bonchev–Trinajstić information content (AvgIpc) is 3.76. The van der Waals surface area contributed by atoms with Crippen LogP contribution in [0.4, 0.5) is 0 Å². The molecule has 8 atom stereocenters. The van der Waals surface area contributed by atoms with E-state index in [0.717, 1.165) is 13.1 Å². The van der Waals surface area contributed by atoms with Gasteiger partial charge in [0.15, 0.2) is 0 Å². The third kappa shape index (κ3) is 7.54. The van der Waals surface area contributed by atoms with Crippen molar-refractivity contribution >= 4 is 23.7 Å². The maximum Gasteiger partial charge on any atom is 0.313 e. The summed E-state index contributed by atoms with van der Waals surface area (Å²) in [7, 11) is 0. The second-order valence-corrected chi connectivity index (χ2v) is 14.3. The molecule has 4 fully saturated rings. The van der Waals surface area contributed by atoms with Crippen LogP contribution < -0.4 is 5.32 Å². The third-order valence-corrected chi connectivity index (χ3v) is 10.8. The first-order valence-corrected chi connectivity index (χ1v) is 18.0. The number of benzene rings is 1. The van der Waals surface area contributed by atoms with Crippen LogP contribution in [0.2, 0.25) is 0 Å². The maximum atomic E-state index is 14.8. The lowest BCUT2D eigenvalue weighted by Crippen LogP contribution is -2.60. The summed E-state index contributed by atoms with van der Waals surface area (Å²) in [6.45, 7) is 17.0. The Balaban J connectivity index is 1.45. The SMILES string of the molecule is C=CCCC(=O)N[C@H](C)[C@@H](OC(=O)[C@@H]1[C@H]2C(=O)N([C@@H](CO)C(C)C)[C@H](C(=O)N(CC=C)CCN3CCOCC3)[C@]23CC[C@H]1O3)c1ccccc1. The monoisotopic (exact) mass is 694 g/mol. The largest absolute Gasteiger partial charge is 0.455 e. The number of likely N-dealkylation sites (tertiary alicyclic amines) is 1. The van der Waals surface area contributed by atoms with Crippen LogP contribution in [0.3, 0.4) is 0 Å². The molecule has 1 aromatic rings. The van der Waals surface area contributed by atoms with Gasteiger partial charge < -0.3 is 34.4 Å². The number of esters is 1. The Morgan fingerprint density at radius 2 is 1.86 bits per heavy atom. The summed E-state index contributed by atoms with van der Waals surface area (Å²) in [5.41, 5.74) is -0.556. The fourth-order valence-corrected chi connectivity index (χ4v) is 8.26. The van der Waals surface area contributed by atoms with Crippen molar-refractivity contribution in [3.05, 3.63) is 61.2 Å². The number of allylic oxidation sites excluding steroid dienone is 1. The van der Waals surface area contributed by atoms with Crippen LogP contribution in [-0.2, 0) is 33.4 Å². The van der Waals surface area contributed by atoms with Crippen molar-refractivity contribution in [1.82, 2.24) is 20.0 Å². The summed E-state index contributed by atoms with van der Waals surface area (Å²) in [6, 6.07) is 6.93. The molecule has 0 saturated carbocycles. The van der Waals surface area contributed by atoms with Gasteiger partial charge in [-0.2, -0.15) is 0 Å². The number of carbonyl (C=O) groups is 4. The molecule has 12 heteroatoms. The van der Waals surface area contributed by atoms with Crippen molar-refractivity contribution < 1.29 is 38.5 Å². The quantitative estimate of drug-likeness (QED) is 0.186. The smallest absolute Gasteiger partial charge is 0.313 e. The van der Waals surface area contributed by atoms with E-state index in [1.54, 1.807) is 24.0 Å². The molecular weight excluding hydrogens is 640 g/mol. The Bertz CT molecular complexity index is 1380. The molecule has 3 amide bonds. The summed E-state index contributed by atoms with van der Waals surface area (Å²) < 4.78 is 18.4. The van der Waals surface area contributed by atoms with Crippen molar-refractivity contribution in [1.29, 1.82) is 0 Å². The van der Waals surface area contributed by atoms with Gasteiger partial charge in [-0.15, -0.1) is 13.2 Å². The van der Waals surface area contributed by atoms with E-state index >= 15 is 0 Å². The number of nitrogens with zero attached hydrogens (tertiary/aromatic N) is 3. The molecule has 4 aliphatic rings. The Kier molecular flexibility index (Phi) is 12.5. The summed E-state index contributed by atoms with van der Waals surface area (Å²) in [5, 5.41) is 13.6. The van der Waals surface area contributed by atoms with Crippen molar-refractivity contribution in [2.75, 3.05) is 52.5 Å². The minimum absolute atomic E-state index is 0.175. The number of carbonyl (C=O) groups excluding carboxylic acids is 4. The molecule has 0 aliphatic carbocycles. The molecule has 12 nitrogen and oxygen atoms in total. The molecule has 5 rings (SSSR count). The van der Waals surface area contributed by atoms with Crippen LogP contribution in [0, 0.1) is 17.8 Å². The first-order chi connectivity index (χ1) is 24.1. The minimum Gasteiger partial charge on any atom is -0.455 e. The zero-order valence-electron chi connectivity index (χ0n) is 29.7. The van der Waals surface area contributed by atoms with E-state index in [2.05, 4.69) is 23.4 Å². The van der Waals surface area contributed by atoms with Crippen molar-refractivity contribution in [2.45, 2.75) is 82.4 Å². The van der Waals surface area contributed by atoms with E-state index in [0.29, 0.717) is 51.1 Å². The van der Waals surface area contributed by atoms with Gasteiger partial charge >= 0.3 is 5.97 Å². The molecule has 4 heterocycles. The lowest BCUT2D eigenvalue weighted by atomic mass is 9.70. The van der Waals surface area contributed by atoms with Crippen LogP contribution in [-0.4, -0.2) is 126 Å². The molecular formula is C38H54N4O8.